The van der Waals surface area contributed by atoms with Crippen LogP contribution in [0.4, 0.5) is 0 Å². The molecule has 4 rings (SSSR count). The first-order valence-corrected chi connectivity index (χ1v) is 12.1. The van der Waals surface area contributed by atoms with Crippen LogP contribution in [0.2, 0.25) is 4.34 Å². The van der Waals surface area contributed by atoms with Crippen molar-refractivity contribution in [3.8, 4) is 5.69 Å². The lowest BCUT2D eigenvalue weighted by Gasteiger charge is -2.21. The highest BCUT2D eigenvalue weighted by Crippen LogP contribution is 2.22. The molecular formula is C24H24ClN5O4S. The molecule has 1 aliphatic rings. The van der Waals surface area contributed by atoms with Crippen molar-refractivity contribution in [1.29, 1.82) is 0 Å². The first-order valence-electron chi connectivity index (χ1n) is 10.9. The minimum absolute atomic E-state index is 0.153. The summed E-state index contributed by atoms with van der Waals surface area (Å²) < 4.78 is 1.99. The van der Waals surface area contributed by atoms with E-state index < -0.39 is 12.1 Å². The van der Waals surface area contributed by atoms with Crippen molar-refractivity contribution in [3.63, 3.8) is 0 Å². The Kier molecular flexibility index (Phi) is 7.64. The van der Waals surface area contributed by atoms with E-state index in [1.807, 2.05) is 4.90 Å². The first-order chi connectivity index (χ1) is 16.8. The van der Waals surface area contributed by atoms with Gasteiger partial charge in [-0.2, -0.15) is 0 Å². The number of likely N-dealkylation sites (N-methyl/N-ethyl adjacent to an activating group) is 1. The summed E-state index contributed by atoms with van der Waals surface area (Å²) in [5.41, 5.74) is 0.889. The average molecular weight is 514 g/mol. The van der Waals surface area contributed by atoms with Crippen LogP contribution >= 0.6 is 22.9 Å². The van der Waals surface area contributed by atoms with Crippen LogP contribution in [-0.2, 0) is 4.79 Å². The number of nitrogens with zero attached hydrogens (tertiary/aromatic N) is 2. The number of nitrogens with one attached hydrogen (secondary N) is 3. The Balaban J connectivity index is 1.47. The minimum Gasteiger partial charge on any atom is -0.358 e. The SMILES string of the molecule is CNC(=O)CN1C[C@@H](NC(=O)c2ccc(-n3ccccc3=O)cc2)[C@H](NC(=O)c2ccc(Cl)s2)C1. The van der Waals surface area contributed by atoms with Crippen LogP contribution in [0.3, 0.4) is 0 Å². The molecule has 1 aliphatic heterocycles. The molecule has 1 fully saturated rings. The molecule has 0 bridgehead atoms. The molecule has 182 valence electrons. The lowest BCUT2D eigenvalue weighted by Crippen LogP contribution is -2.50. The summed E-state index contributed by atoms with van der Waals surface area (Å²) in [4.78, 5) is 52.0. The molecular weight excluding hydrogens is 490 g/mol. The van der Waals surface area contributed by atoms with E-state index in [4.69, 9.17) is 11.6 Å². The van der Waals surface area contributed by atoms with Crippen LogP contribution in [0.25, 0.3) is 5.69 Å². The fraction of sp³-hybridized carbons (Fsp3) is 0.250. The number of aromatic nitrogens is 1. The molecule has 11 heteroatoms. The smallest absolute Gasteiger partial charge is 0.261 e. The van der Waals surface area contributed by atoms with Gasteiger partial charge in [0.05, 0.1) is 27.8 Å². The molecule has 3 heterocycles. The Hall–Kier alpha value is -3.47. The van der Waals surface area contributed by atoms with Gasteiger partial charge in [0.1, 0.15) is 0 Å². The highest BCUT2D eigenvalue weighted by atomic mass is 35.5. The predicted octanol–water partition coefficient (Wildman–Crippen LogP) is 1.51. The molecule has 3 aromatic rings. The monoisotopic (exact) mass is 513 g/mol. The quantitative estimate of drug-likeness (QED) is 0.443. The number of benzene rings is 1. The summed E-state index contributed by atoms with van der Waals surface area (Å²) in [5.74, 6) is -0.758. The molecule has 0 radical (unpaired) electrons. The van der Waals surface area contributed by atoms with Crippen molar-refractivity contribution in [2.24, 2.45) is 0 Å². The summed E-state index contributed by atoms with van der Waals surface area (Å²) in [6, 6.07) is 14.0. The van der Waals surface area contributed by atoms with Gasteiger partial charge in [-0.15, -0.1) is 11.3 Å². The van der Waals surface area contributed by atoms with E-state index in [1.165, 1.54) is 22.0 Å². The molecule has 35 heavy (non-hydrogen) atoms. The van der Waals surface area contributed by atoms with E-state index in [0.717, 1.165) is 0 Å². The number of carbonyl (C=O) groups is 3. The van der Waals surface area contributed by atoms with Crippen LogP contribution in [0.1, 0.15) is 20.0 Å². The first kappa shape index (κ1) is 24.6. The van der Waals surface area contributed by atoms with Gasteiger partial charge in [0.25, 0.3) is 17.4 Å². The number of pyridine rings is 1. The fourth-order valence-electron chi connectivity index (χ4n) is 3.93. The van der Waals surface area contributed by atoms with Gasteiger partial charge in [0.15, 0.2) is 0 Å². The van der Waals surface area contributed by atoms with Crippen LogP contribution in [0.5, 0.6) is 0 Å². The van der Waals surface area contributed by atoms with Gasteiger partial charge in [0, 0.05) is 43.7 Å². The van der Waals surface area contributed by atoms with Crippen molar-refractivity contribution < 1.29 is 14.4 Å². The fourth-order valence-corrected chi connectivity index (χ4v) is 4.88. The zero-order valence-corrected chi connectivity index (χ0v) is 20.4. The standard InChI is InChI=1S/C24H24ClN5O4S/c1-26-21(31)14-29-12-17(18(13-29)28-24(34)19-9-10-20(25)35-19)27-23(33)15-5-7-16(8-6-15)30-11-3-2-4-22(30)32/h2-11,17-18H,12-14H2,1H3,(H,26,31)(H,27,33)(H,28,34)/t17-,18-/m1/s1. The van der Waals surface area contributed by atoms with Crippen molar-refractivity contribution in [2.75, 3.05) is 26.7 Å². The number of halogens is 1. The molecule has 1 saturated heterocycles. The van der Waals surface area contributed by atoms with Crippen molar-refractivity contribution in [2.45, 2.75) is 12.1 Å². The molecule has 0 unspecified atom stereocenters. The lowest BCUT2D eigenvalue weighted by molar-refractivity contribution is -0.121. The van der Waals surface area contributed by atoms with Crippen LogP contribution in [-0.4, -0.2) is 66.0 Å². The molecule has 0 saturated carbocycles. The van der Waals surface area contributed by atoms with E-state index in [9.17, 15) is 19.2 Å². The normalized spacial score (nSPS) is 17.7. The van der Waals surface area contributed by atoms with Crippen LogP contribution in [0, 0.1) is 0 Å². The molecule has 2 atom stereocenters. The summed E-state index contributed by atoms with van der Waals surface area (Å²) in [6.07, 6.45) is 1.66. The Morgan fingerprint density at radius 1 is 0.971 bits per heavy atom. The molecule has 2 aromatic heterocycles. The topological polar surface area (TPSA) is 113 Å². The Morgan fingerprint density at radius 3 is 2.26 bits per heavy atom. The number of likely N-dealkylation sites (tertiary alicyclic amines) is 1. The van der Waals surface area contributed by atoms with Crippen LogP contribution < -0.4 is 21.5 Å². The highest BCUT2D eigenvalue weighted by Gasteiger charge is 2.36. The number of carbonyl (C=O) groups excluding carboxylic acids is 3. The maximum absolute atomic E-state index is 13.0. The summed E-state index contributed by atoms with van der Waals surface area (Å²) in [5, 5.41) is 8.53. The minimum atomic E-state index is -0.414. The number of hydrogen-bond acceptors (Lipinski definition) is 6. The average Bonchev–Trinajstić information content (AvgIpc) is 3.45. The van der Waals surface area contributed by atoms with Crippen molar-refractivity contribution >= 4 is 40.7 Å². The Bertz CT molecular complexity index is 1290. The van der Waals surface area contributed by atoms with E-state index >= 15 is 0 Å². The van der Waals surface area contributed by atoms with Gasteiger partial charge in [-0.05, 0) is 42.5 Å². The predicted molar refractivity (Wildman–Crippen MR) is 134 cm³/mol. The zero-order valence-electron chi connectivity index (χ0n) is 18.9. The number of thiophene rings is 1. The third kappa shape index (κ3) is 5.97. The zero-order chi connectivity index (χ0) is 24.9. The van der Waals surface area contributed by atoms with Gasteiger partial charge < -0.3 is 16.0 Å². The molecule has 3 amide bonds. The summed E-state index contributed by atoms with van der Waals surface area (Å²) >= 11 is 7.12. The molecule has 9 nitrogen and oxygen atoms in total. The van der Waals surface area contributed by atoms with Gasteiger partial charge in [0.2, 0.25) is 5.91 Å². The largest absolute Gasteiger partial charge is 0.358 e. The van der Waals surface area contributed by atoms with Gasteiger partial charge in [-0.3, -0.25) is 28.6 Å². The molecule has 1 aromatic carbocycles. The second-order valence-corrected chi connectivity index (χ2v) is 9.80. The van der Waals surface area contributed by atoms with E-state index in [0.29, 0.717) is 33.6 Å². The van der Waals surface area contributed by atoms with E-state index in [-0.39, 0.29) is 29.8 Å². The third-order valence-electron chi connectivity index (χ3n) is 5.70. The summed E-state index contributed by atoms with van der Waals surface area (Å²) in [7, 11) is 1.56. The lowest BCUT2D eigenvalue weighted by atomic mass is 10.1. The second-order valence-electron chi connectivity index (χ2n) is 8.09. The van der Waals surface area contributed by atoms with Gasteiger partial charge in [-0.25, -0.2) is 0 Å². The van der Waals surface area contributed by atoms with E-state index in [1.54, 1.807) is 61.8 Å². The van der Waals surface area contributed by atoms with Crippen molar-refractivity contribution in [1.82, 2.24) is 25.4 Å². The van der Waals surface area contributed by atoms with Gasteiger partial charge >= 0.3 is 0 Å². The van der Waals surface area contributed by atoms with Gasteiger partial charge in [-0.1, -0.05) is 17.7 Å². The Labute approximate surface area is 210 Å². The maximum atomic E-state index is 13.0. The van der Waals surface area contributed by atoms with Crippen LogP contribution in [0.15, 0.2) is 65.6 Å². The summed E-state index contributed by atoms with van der Waals surface area (Å²) in [6.45, 7) is 0.951. The third-order valence-corrected chi connectivity index (χ3v) is 6.93. The molecule has 0 spiro atoms. The molecule has 3 N–H and O–H groups in total. The maximum Gasteiger partial charge on any atom is 0.261 e. The second kappa shape index (κ2) is 10.9. The molecule has 0 aliphatic carbocycles. The highest BCUT2D eigenvalue weighted by molar-refractivity contribution is 7.18. The number of rotatable bonds is 7. The number of amides is 3. The Morgan fingerprint density at radius 2 is 1.66 bits per heavy atom. The van der Waals surface area contributed by atoms with Crippen molar-refractivity contribution in [3.05, 3.63) is 85.9 Å². The number of hydrogen-bond donors (Lipinski definition) is 3. The van der Waals surface area contributed by atoms with E-state index in [2.05, 4.69) is 16.0 Å².